The summed E-state index contributed by atoms with van der Waals surface area (Å²) in [5.41, 5.74) is 5.42. The number of carbonyl (C=O) groups excluding carboxylic acids is 2. The molecule has 0 aliphatic heterocycles. The highest BCUT2D eigenvalue weighted by atomic mass is 32.1. The second-order valence-corrected chi connectivity index (χ2v) is 5.60. The van der Waals surface area contributed by atoms with E-state index in [4.69, 9.17) is 5.73 Å². The molecule has 1 aromatic heterocycles. The van der Waals surface area contributed by atoms with Crippen molar-refractivity contribution in [2.24, 2.45) is 5.73 Å². The minimum atomic E-state index is -4.78. The zero-order valence-corrected chi connectivity index (χ0v) is 12.7. The minimum Gasteiger partial charge on any atom is -0.406 e. The van der Waals surface area contributed by atoms with Gasteiger partial charge in [0, 0.05) is 26.0 Å². The van der Waals surface area contributed by atoms with Crippen molar-refractivity contribution in [1.82, 2.24) is 4.98 Å². The fraction of sp³-hybridized carbons (Fsp3) is 0.308. The van der Waals surface area contributed by atoms with Crippen molar-refractivity contribution >= 4 is 38.5 Å². The van der Waals surface area contributed by atoms with Crippen LogP contribution in [0.2, 0.25) is 0 Å². The van der Waals surface area contributed by atoms with E-state index in [9.17, 15) is 22.8 Å². The Balaban J connectivity index is 2.19. The van der Waals surface area contributed by atoms with Gasteiger partial charge in [-0.3, -0.25) is 14.5 Å². The van der Waals surface area contributed by atoms with Crippen LogP contribution in [0.5, 0.6) is 5.75 Å². The predicted octanol–water partition coefficient (Wildman–Crippen LogP) is 2.42. The fourth-order valence-electron chi connectivity index (χ4n) is 1.74. The molecule has 2 amide bonds. The van der Waals surface area contributed by atoms with E-state index in [2.05, 4.69) is 9.72 Å². The maximum Gasteiger partial charge on any atom is 0.573 e. The first-order chi connectivity index (χ1) is 10.7. The van der Waals surface area contributed by atoms with Crippen LogP contribution in [0.4, 0.5) is 18.3 Å². The van der Waals surface area contributed by atoms with E-state index in [1.165, 1.54) is 24.1 Å². The summed E-state index contributed by atoms with van der Waals surface area (Å²) in [6.45, 7) is 0. The van der Waals surface area contributed by atoms with E-state index < -0.39 is 12.3 Å². The van der Waals surface area contributed by atoms with Gasteiger partial charge in [-0.2, -0.15) is 0 Å². The van der Waals surface area contributed by atoms with Crippen molar-refractivity contribution in [2.75, 3.05) is 11.9 Å². The summed E-state index contributed by atoms with van der Waals surface area (Å²) in [7, 11) is 1.47. The van der Waals surface area contributed by atoms with Gasteiger partial charge in [0.25, 0.3) is 0 Å². The van der Waals surface area contributed by atoms with Gasteiger partial charge in [-0.15, -0.1) is 13.2 Å². The molecule has 2 rings (SSSR count). The number of primary amides is 1. The Morgan fingerprint density at radius 3 is 2.65 bits per heavy atom. The van der Waals surface area contributed by atoms with Crippen LogP contribution >= 0.6 is 11.3 Å². The molecule has 1 heterocycles. The number of anilines is 1. The van der Waals surface area contributed by atoms with E-state index in [1.807, 2.05) is 0 Å². The number of halogens is 3. The van der Waals surface area contributed by atoms with Crippen LogP contribution in [0.1, 0.15) is 12.8 Å². The molecule has 0 fully saturated rings. The van der Waals surface area contributed by atoms with Gasteiger partial charge in [0.05, 0.1) is 10.2 Å². The van der Waals surface area contributed by atoms with Crippen molar-refractivity contribution in [3.8, 4) is 5.75 Å². The Kier molecular flexibility index (Phi) is 4.73. The fourth-order valence-corrected chi connectivity index (χ4v) is 2.71. The number of hydrogen-bond donors (Lipinski definition) is 1. The summed E-state index contributed by atoms with van der Waals surface area (Å²) in [4.78, 5) is 28.0. The lowest BCUT2D eigenvalue weighted by atomic mass is 10.3. The standard InChI is InChI=1S/C13H12F3N3O3S/c1-19(11(21)5-4-10(17)20)12-18-8-3-2-7(6-9(8)23-12)22-13(14,15)16/h2-3,6H,4-5H2,1H3,(H2,17,20). The zero-order valence-electron chi connectivity index (χ0n) is 11.9. The SMILES string of the molecule is CN(C(=O)CCC(N)=O)c1nc2ccc(OC(F)(F)F)cc2s1. The van der Waals surface area contributed by atoms with Crippen LogP contribution < -0.4 is 15.4 Å². The van der Waals surface area contributed by atoms with Crippen molar-refractivity contribution < 1.29 is 27.5 Å². The monoisotopic (exact) mass is 347 g/mol. The maximum absolute atomic E-state index is 12.2. The molecule has 2 N–H and O–H groups in total. The summed E-state index contributed by atoms with van der Waals surface area (Å²) in [5.74, 6) is -1.32. The lowest BCUT2D eigenvalue weighted by Crippen LogP contribution is -2.27. The van der Waals surface area contributed by atoms with Crippen LogP contribution in [0.3, 0.4) is 0 Å². The molecule has 0 saturated carbocycles. The van der Waals surface area contributed by atoms with E-state index in [-0.39, 0.29) is 24.5 Å². The number of nitrogens with zero attached hydrogens (tertiary/aromatic N) is 2. The van der Waals surface area contributed by atoms with Gasteiger partial charge in [-0.25, -0.2) is 4.98 Å². The maximum atomic E-state index is 12.2. The Morgan fingerprint density at radius 2 is 2.04 bits per heavy atom. The number of amides is 2. The highest BCUT2D eigenvalue weighted by molar-refractivity contribution is 7.22. The van der Waals surface area contributed by atoms with Crippen molar-refractivity contribution in [1.29, 1.82) is 0 Å². The first-order valence-corrected chi connectivity index (χ1v) is 7.18. The predicted molar refractivity (Wildman–Crippen MR) is 78.1 cm³/mol. The summed E-state index contributed by atoms with van der Waals surface area (Å²) >= 11 is 1.04. The second kappa shape index (κ2) is 6.41. The Morgan fingerprint density at radius 1 is 1.35 bits per heavy atom. The van der Waals surface area contributed by atoms with Crippen LogP contribution in [-0.2, 0) is 9.59 Å². The van der Waals surface area contributed by atoms with Crippen molar-refractivity contribution in [3.63, 3.8) is 0 Å². The molecule has 10 heteroatoms. The first-order valence-electron chi connectivity index (χ1n) is 6.37. The van der Waals surface area contributed by atoms with Crippen molar-refractivity contribution in [3.05, 3.63) is 18.2 Å². The third-order valence-corrected chi connectivity index (χ3v) is 3.92. The van der Waals surface area contributed by atoms with E-state index in [0.717, 1.165) is 17.4 Å². The molecular formula is C13H12F3N3O3S. The van der Waals surface area contributed by atoms with Gasteiger partial charge in [0.15, 0.2) is 5.13 Å². The lowest BCUT2D eigenvalue weighted by molar-refractivity contribution is -0.274. The number of rotatable bonds is 5. The summed E-state index contributed by atoms with van der Waals surface area (Å²) in [6.07, 6.45) is -4.93. The highest BCUT2D eigenvalue weighted by Gasteiger charge is 2.31. The molecule has 2 aromatic rings. The molecule has 0 bridgehead atoms. The van der Waals surface area contributed by atoms with Crippen LogP contribution in [0, 0.1) is 0 Å². The molecule has 23 heavy (non-hydrogen) atoms. The number of aromatic nitrogens is 1. The van der Waals surface area contributed by atoms with Gasteiger partial charge in [0.2, 0.25) is 11.8 Å². The van der Waals surface area contributed by atoms with Gasteiger partial charge in [0.1, 0.15) is 5.75 Å². The smallest absolute Gasteiger partial charge is 0.406 e. The molecule has 0 aliphatic rings. The average molecular weight is 347 g/mol. The summed E-state index contributed by atoms with van der Waals surface area (Å²) in [6, 6.07) is 3.72. The molecule has 124 valence electrons. The zero-order chi connectivity index (χ0) is 17.2. The van der Waals surface area contributed by atoms with E-state index >= 15 is 0 Å². The number of ether oxygens (including phenoxy) is 1. The van der Waals surface area contributed by atoms with Gasteiger partial charge in [-0.05, 0) is 12.1 Å². The Labute approximate surface area is 132 Å². The lowest BCUT2D eigenvalue weighted by Gasteiger charge is -2.12. The van der Waals surface area contributed by atoms with Crippen LogP contribution in [0.25, 0.3) is 10.2 Å². The topological polar surface area (TPSA) is 85.5 Å². The van der Waals surface area contributed by atoms with E-state index in [0.29, 0.717) is 15.3 Å². The number of fused-ring (bicyclic) bond motifs is 1. The number of carbonyl (C=O) groups is 2. The van der Waals surface area contributed by atoms with Gasteiger partial charge >= 0.3 is 6.36 Å². The number of alkyl halides is 3. The number of thiazole rings is 1. The average Bonchev–Trinajstić information content (AvgIpc) is 2.85. The molecular weight excluding hydrogens is 335 g/mol. The van der Waals surface area contributed by atoms with E-state index in [1.54, 1.807) is 0 Å². The van der Waals surface area contributed by atoms with Gasteiger partial charge < -0.3 is 10.5 Å². The second-order valence-electron chi connectivity index (χ2n) is 4.59. The number of nitrogens with two attached hydrogens (primary N) is 1. The van der Waals surface area contributed by atoms with Crippen LogP contribution in [0.15, 0.2) is 18.2 Å². The van der Waals surface area contributed by atoms with Crippen molar-refractivity contribution in [2.45, 2.75) is 19.2 Å². The summed E-state index contributed by atoms with van der Waals surface area (Å²) < 4.78 is 40.9. The highest BCUT2D eigenvalue weighted by Crippen LogP contribution is 2.33. The molecule has 0 atom stereocenters. The quantitative estimate of drug-likeness (QED) is 0.900. The minimum absolute atomic E-state index is 0.0653. The van der Waals surface area contributed by atoms with Crippen LogP contribution in [-0.4, -0.2) is 30.2 Å². The number of benzene rings is 1. The molecule has 0 saturated heterocycles. The summed E-state index contributed by atoms with van der Waals surface area (Å²) in [5, 5.41) is 0.304. The third-order valence-electron chi connectivity index (χ3n) is 2.83. The third kappa shape index (κ3) is 4.55. The number of hydrogen-bond acceptors (Lipinski definition) is 5. The van der Waals surface area contributed by atoms with Gasteiger partial charge in [-0.1, -0.05) is 11.3 Å². The molecule has 0 aliphatic carbocycles. The Hall–Kier alpha value is -2.36. The molecule has 0 unspecified atom stereocenters. The molecule has 6 nitrogen and oxygen atoms in total. The first kappa shape index (κ1) is 17.0. The Bertz CT molecular complexity index is 745. The molecule has 0 spiro atoms. The molecule has 1 aromatic carbocycles. The normalized spacial score (nSPS) is 11.5. The molecule has 0 radical (unpaired) electrons. The largest absolute Gasteiger partial charge is 0.573 e.